The van der Waals surface area contributed by atoms with Crippen molar-refractivity contribution in [1.29, 1.82) is 0 Å². The maximum Gasteiger partial charge on any atom is 0.239 e. The molecule has 116 valence electrons. The number of halogens is 2. The van der Waals surface area contributed by atoms with Gasteiger partial charge in [-0.2, -0.15) is 0 Å². The second-order valence-electron chi connectivity index (χ2n) is 4.46. The van der Waals surface area contributed by atoms with Crippen molar-refractivity contribution >= 4 is 40.1 Å². The van der Waals surface area contributed by atoms with Crippen molar-refractivity contribution < 1.29 is 13.9 Å². The summed E-state index contributed by atoms with van der Waals surface area (Å²) in [6.45, 7) is 2.54. The molecule has 22 heavy (non-hydrogen) atoms. The molecular weight excluding hydrogens is 327 g/mol. The van der Waals surface area contributed by atoms with E-state index in [0.717, 1.165) is 12.5 Å². The summed E-state index contributed by atoms with van der Waals surface area (Å²) in [5.41, 5.74) is 0.0646. The topological polar surface area (TPSA) is 41.9 Å². The highest BCUT2D eigenvalue weighted by molar-refractivity contribution is 8.15. The Bertz CT molecular complexity index is 658. The van der Waals surface area contributed by atoms with Gasteiger partial charge in [-0.15, -0.1) is 6.42 Å². The van der Waals surface area contributed by atoms with Gasteiger partial charge in [0.15, 0.2) is 11.0 Å². The number of nitrogens with zero attached hydrogens (tertiary/aromatic N) is 2. The first-order valence-electron chi connectivity index (χ1n) is 6.64. The third-order valence-corrected chi connectivity index (χ3v) is 4.09. The average molecular weight is 341 g/mol. The van der Waals surface area contributed by atoms with E-state index in [1.165, 1.54) is 17.8 Å². The molecule has 4 nitrogen and oxygen atoms in total. The molecule has 0 atom stereocenters. The first kappa shape index (κ1) is 16.7. The molecule has 1 saturated heterocycles. The number of carbonyl (C=O) groups is 1. The van der Waals surface area contributed by atoms with Crippen LogP contribution in [0.4, 0.5) is 10.1 Å². The van der Waals surface area contributed by atoms with E-state index >= 15 is 0 Å². The Labute approximate surface area is 137 Å². The summed E-state index contributed by atoms with van der Waals surface area (Å²) in [4.78, 5) is 17.6. The number of carbonyl (C=O) groups excluding carboxylic acids is 1. The van der Waals surface area contributed by atoms with Gasteiger partial charge in [-0.25, -0.2) is 9.38 Å². The van der Waals surface area contributed by atoms with E-state index in [2.05, 4.69) is 10.9 Å². The van der Waals surface area contributed by atoms with E-state index in [9.17, 15) is 9.18 Å². The number of aliphatic imine (C=N–C) groups is 1. The summed E-state index contributed by atoms with van der Waals surface area (Å²) >= 11 is 7.19. The first-order chi connectivity index (χ1) is 10.6. The molecule has 1 aromatic carbocycles. The lowest BCUT2D eigenvalue weighted by Gasteiger charge is -2.15. The lowest BCUT2D eigenvalue weighted by atomic mass is 10.3. The predicted octanol–water partition coefficient (Wildman–Crippen LogP) is 3.46. The molecule has 0 unspecified atom stereocenters. The van der Waals surface area contributed by atoms with Crippen molar-refractivity contribution in [1.82, 2.24) is 4.90 Å². The summed E-state index contributed by atoms with van der Waals surface area (Å²) in [7, 11) is 0. The maximum absolute atomic E-state index is 14.0. The van der Waals surface area contributed by atoms with Crippen LogP contribution in [0.3, 0.4) is 0 Å². The highest BCUT2D eigenvalue weighted by atomic mass is 35.5. The molecule has 0 bridgehead atoms. The summed E-state index contributed by atoms with van der Waals surface area (Å²) in [5.74, 6) is 2.28. The highest BCUT2D eigenvalue weighted by Gasteiger charge is 2.27. The fourth-order valence-electron chi connectivity index (χ4n) is 1.86. The van der Waals surface area contributed by atoms with Gasteiger partial charge in [-0.1, -0.05) is 36.2 Å². The van der Waals surface area contributed by atoms with Crippen LogP contribution in [0.2, 0.25) is 5.02 Å². The van der Waals surface area contributed by atoms with Crippen LogP contribution in [0.25, 0.3) is 0 Å². The van der Waals surface area contributed by atoms with Crippen molar-refractivity contribution in [2.45, 2.75) is 13.3 Å². The van der Waals surface area contributed by atoms with Gasteiger partial charge >= 0.3 is 0 Å². The Hall–Kier alpha value is -1.71. The van der Waals surface area contributed by atoms with E-state index in [1.807, 2.05) is 6.92 Å². The molecule has 0 aliphatic carbocycles. The van der Waals surface area contributed by atoms with E-state index in [-0.39, 0.29) is 29.0 Å². The van der Waals surface area contributed by atoms with E-state index in [4.69, 9.17) is 22.8 Å². The second-order valence-corrected chi connectivity index (χ2v) is 5.80. The number of hydrogen-bond acceptors (Lipinski definition) is 4. The maximum atomic E-state index is 14.0. The Balaban J connectivity index is 2.33. The summed E-state index contributed by atoms with van der Waals surface area (Å²) < 4.78 is 19.3. The SMILES string of the molecule is C#CCOc1cc(N=C2SCC(=O)N2CCC)c(F)cc1Cl. The minimum Gasteiger partial charge on any atom is -0.479 e. The van der Waals surface area contributed by atoms with Gasteiger partial charge in [0.2, 0.25) is 5.91 Å². The molecule has 0 N–H and O–H groups in total. The van der Waals surface area contributed by atoms with Gasteiger partial charge in [0.05, 0.1) is 10.8 Å². The molecule has 7 heteroatoms. The zero-order chi connectivity index (χ0) is 16.1. The fourth-order valence-corrected chi connectivity index (χ4v) is 2.99. The van der Waals surface area contributed by atoms with Gasteiger partial charge in [0.1, 0.15) is 18.0 Å². The Morgan fingerprint density at radius 2 is 2.36 bits per heavy atom. The number of rotatable bonds is 5. The highest BCUT2D eigenvalue weighted by Crippen LogP contribution is 2.33. The molecule has 1 amide bonds. The smallest absolute Gasteiger partial charge is 0.239 e. The summed E-state index contributed by atoms with van der Waals surface area (Å²) in [6, 6.07) is 2.51. The van der Waals surface area contributed by atoms with Crippen molar-refractivity contribution in [2.75, 3.05) is 18.9 Å². The third-order valence-electron chi connectivity index (χ3n) is 2.83. The molecule has 1 aliphatic rings. The zero-order valence-corrected chi connectivity index (χ0v) is 13.5. The number of amides is 1. The molecule has 1 fully saturated rings. The molecule has 1 aromatic rings. The van der Waals surface area contributed by atoms with Crippen LogP contribution < -0.4 is 4.74 Å². The summed E-state index contributed by atoms with van der Waals surface area (Å²) in [5, 5.41) is 0.605. The Morgan fingerprint density at radius 3 is 3.05 bits per heavy atom. The lowest BCUT2D eigenvalue weighted by Crippen LogP contribution is -2.30. The second kappa shape index (κ2) is 7.52. The van der Waals surface area contributed by atoms with Gasteiger partial charge < -0.3 is 4.74 Å². The van der Waals surface area contributed by atoms with E-state index < -0.39 is 5.82 Å². The van der Waals surface area contributed by atoms with Gasteiger partial charge in [-0.3, -0.25) is 9.69 Å². The van der Waals surface area contributed by atoms with Crippen molar-refractivity contribution in [2.24, 2.45) is 4.99 Å². The molecule has 0 spiro atoms. The molecule has 1 heterocycles. The molecule has 2 rings (SSSR count). The molecule has 1 aliphatic heterocycles. The number of hydrogen-bond donors (Lipinski definition) is 0. The molecular formula is C15H14ClFN2O2S. The largest absolute Gasteiger partial charge is 0.479 e. The van der Waals surface area contributed by atoms with Crippen molar-refractivity contribution in [3.8, 4) is 18.1 Å². The monoisotopic (exact) mass is 340 g/mol. The fraction of sp³-hybridized carbons (Fsp3) is 0.333. The van der Waals surface area contributed by atoms with Crippen LogP contribution in [0.5, 0.6) is 5.75 Å². The zero-order valence-electron chi connectivity index (χ0n) is 11.9. The normalized spacial score (nSPS) is 16.2. The number of ether oxygens (including phenoxy) is 1. The average Bonchev–Trinajstić information content (AvgIpc) is 2.82. The number of amidine groups is 1. The quantitative estimate of drug-likeness (QED) is 0.771. The van der Waals surface area contributed by atoms with Crippen LogP contribution in [-0.4, -0.2) is 34.9 Å². The van der Waals surface area contributed by atoms with E-state index in [1.54, 1.807) is 4.90 Å². The molecule has 0 saturated carbocycles. The molecule has 0 aromatic heterocycles. The predicted molar refractivity (Wildman–Crippen MR) is 87.3 cm³/mol. The summed E-state index contributed by atoms with van der Waals surface area (Å²) in [6.07, 6.45) is 5.92. The molecule has 0 radical (unpaired) electrons. The van der Waals surface area contributed by atoms with Crippen molar-refractivity contribution in [3.63, 3.8) is 0 Å². The van der Waals surface area contributed by atoms with Gasteiger partial charge in [0.25, 0.3) is 0 Å². The van der Waals surface area contributed by atoms with Crippen molar-refractivity contribution in [3.05, 3.63) is 23.0 Å². The number of terminal acetylenes is 1. The minimum absolute atomic E-state index is 0.0243. The Kier molecular flexibility index (Phi) is 5.69. The first-order valence-corrected chi connectivity index (χ1v) is 8.00. The lowest BCUT2D eigenvalue weighted by molar-refractivity contribution is -0.124. The third kappa shape index (κ3) is 3.73. The van der Waals surface area contributed by atoms with Crippen LogP contribution in [0, 0.1) is 18.2 Å². The number of thioether (sulfide) groups is 1. The standard InChI is InChI=1S/C15H14ClFN2O2S/c1-3-5-19-14(20)9-22-15(19)18-12-8-13(21-6-4-2)10(16)7-11(12)17/h2,7-8H,3,5-6,9H2,1H3. The van der Waals surface area contributed by atoms with Crippen LogP contribution in [0.15, 0.2) is 17.1 Å². The van der Waals surface area contributed by atoms with Gasteiger partial charge in [0, 0.05) is 12.6 Å². The van der Waals surface area contributed by atoms with Crippen LogP contribution in [0.1, 0.15) is 13.3 Å². The van der Waals surface area contributed by atoms with Crippen LogP contribution >= 0.6 is 23.4 Å². The Morgan fingerprint density at radius 1 is 1.59 bits per heavy atom. The van der Waals surface area contributed by atoms with E-state index in [0.29, 0.717) is 17.5 Å². The number of benzene rings is 1. The minimum atomic E-state index is -0.582. The van der Waals surface area contributed by atoms with Crippen LogP contribution in [-0.2, 0) is 4.79 Å². The van der Waals surface area contributed by atoms with Gasteiger partial charge in [-0.05, 0) is 12.5 Å².